The predicted octanol–water partition coefficient (Wildman–Crippen LogP) is 11.3. The maximum absolute atomic E-state index is 13.1. The van der Waals surface area contributed by atoms with Gasteiger partial charge in [-0.15, -0.1) is 0 Å². The summed E-state index contributed by atoms with van der Waals surface area (Å²) >= 11 is 0. The molecule has 4 aliphatic rings. The number of hydrogen-bond acceptors (Lipinski definition) is 21. The van der Waals surface area contributed by atoms with Crippen LogP contribution < -0.4 is 48.1 Å². The number of allylic oxidation sites excluding steroid dienone is 1. The molecule has 16 rings (SSSR count). The molecule has 0 radical (unpaired) electrons. The van der Waals surface area contributed by atoms with E-state index in [4.69, 9.17) is 46.7 Å². The molecular formula is C78H75N19O10S. The smallest absolute Gasteiger partial charge is 0.290 e. The van der Waals surface area contributed by atoms with Gasteiger partial charge in [0.1, 0.15) is 74.0 Å². The van der Waals surface area contributed by atoms with Gasteiger partial charge in [0.25, 0.3) is 22.6 Å². The number of carbonyl (C=O) groups excluding carboxylic acids is 2. The summed E-state index contributed by atoms with van der Waals surface area (Å²) < 4.78 is 47.4. The van der Waals surface area contributed by atoms with E-state index in [1.54, 1.807) is 42.2 Å². The minimum Gasteiger partial charge on any atom is -0.457 e. The Balaban J connectivity index is 0.000000136. The standard InChI is InChI=1S/C29H27N7O3.C25H25N5O4S.C24H23N7O3/c30-16-20(15-18-8-9-18)29(38)35-14-4-5-21(17-35)36-26-24(27(31)32-33-28(26)37)25(34-36)19-10-12-23(13-11-19)39-22-6-2-1-3-7-22;1-2-35(32,33)20-10-6-7-17(15-20)30-23-21(24(26)27-28-25(23)31)22(29-30)16-11-13-19(14-12-16)34-18-8-4-3-5-9-18;1-2-19(32)30-12-6-7-16(14-30)31-22-20(23(25)27-28-24(22)33)21(29-31)15-10-11-18(26-13-15)34-17-8-4-3-5-9-17/h1-3,6-7,10-13,15,18,21H,4-5,8-9,14,17H2,(H2,31,32)(H,33,37);2-5,8-9,11-14,17,20H,1,6-7,10,15H2,(H2,26,27)(H,28,31);2-5,8-11,13,16H,1,6-7,12,14H2,(H2,25,27)(H,28,33). The molecule has 2 saturated heterocycles. The summed E-state index contributed by atoms with van der Waals surface area (Å²) in [4.78, 5) is 71.8. The Kier molecular flexibility index (Phi) is 20.7. The van der Waals surface area contributed by atoms with Crippen molar-refractivity contribution in [3.63, 3.8) is 0 Å². The van der Waals surface area contributed by atoms with Gasteiger partial charge >= 0.3 is 0 Å². The molecule has 0 bridgehead atoms. The van der Waals surface area contributed by atoms with Gasteiger partial charge < -0.3 is 41.2 Å². The number of aromatic nitrogens is 13. The Labute approximate surface area is 617 Å². The highest BCUT2D eigenvalue weighted by atomic mass is 32.2. The molecule has 2 amide bonds. The highest BCUT2D eigenvalue weighted by Crippen LogP contribution is 2.41. The van der Waals surface area contributed by atoms with Crippen LogP contribution >= 0.6 is 0 Å². The van der Waals surface area contributed by atoms with Crippen LogP contribution in [-0.4, -0.2) is 126 Å². The topological polar surface area (TPSA) is 408 Å². The van der Waals surface area contributed by atoms with E-state index in [1.165, 1.54) is 6.08 Å². The van der Waals surface area contributed by atoms with E-state index < -0.39 is 31.8 Å². The number of para-hydroxylation sites is 3. The number of hydrogen-bond donors (Lipinski definition) is 6. The van der Waals surface area contributed by atoms with Gasteiger partial charge in [-0.3, -0.25) is 38.0 Å². The van der Waals surface area contributed by atoms with E-state index in [9.17, 15) is 37.7 Å². The number of aromatic amines is 3. The average Bonchev–Trinajstić information content (AvgIpc) is 1.61. The number of amides is 2. The summed E-state index contributed by atoms with van der Waals surface area (Å²) in [6.45, 7) is 8.98. The monoisotopic (exact) mass is 1470 g/mol. The molecule has 2 saturated carbocycles. The average molecular weight is 1470 g/mol. The highest BCUT2D eigenvalue weighted by molar-refractivity contribution is 7.94. The van der Waals surface area contributed by atoms with Gasteiger partial charge in [0.05, 0.1) is 39.5 Å². The van der Waals surface area contributed by atoms with Gasteiger partial charge in [-0.1, -0.05) is 80.3 Å². The van der Waals surface area contributed by atoms with Crippen molar-refractivity contribution in [1.29, 1.82) is 5.26 Å². The molecular weight excluding hydrogens is 1400 g/mol. The fourth-order valence-electron chi connectivity index (χ4n) is 14.0. The fraction of sp³-hybridized carbons (Fsp3) is 0.244. The first-order valence-corrected chi connectivity index (χ1v) is 36.9. The van der Waals surface area contributed by atoms with Crippen molar-refractivity contribution in [2.24, 2.45) is 5.92 Å². The van der Waals surface area contributed by atoms with Gasteiger partial charge in [0, 0.05) is 60.5 Å². The second-order valence-corrected chi connectivity index (χ2v) is 28.8. The molecule has 4 atom stereocenters. The number of fused-ring (bicyclic) bond motifs is 3. The first-order valence-electron chi connectivity index (χ1n) is 35.3. The van der Waals surface area contributed by atoms with E-state index in [0.717, 1.165) is 66.6 Å². The van der Waals surface area contributed by atoms with E-state index in [2.05, 4.69) is 54.8 Å². The minimum absolute atomic E-state index is 0.144. The van der Waals surface area contributed by atoms with Crippen molar-refractivity contribution in [1.82, 2.24) is 74.7 Å². The SMILES string of the molecule is C=CC(=O)N1CCCC(n2nc(-c3ccc(Oc4ccccc4)nc3)c3c(N)n[nH]c(=O)c32)C1.C=CS(=O)(=O)C1CCCC(n2nc(-c3ccc(Oc4ccccc4)cc3)c3c(N)n[nH]c(=O)c32)C1.N#CC(=CC1CC1)C(=O)N1CCCC(n2nc(-c3ccc(Oc4ccccc4)cc3)c3c(N)n[nH]c(=O)c32)C1. The Morgan fingerprint density at radius 2 is 0.935 bits per heavy atom. The summed E-state index contributed by atoms with van der Waals surface area (Å²) in [5.74, 6) is 4.24. The lowest BCUT2D eigenvalue weighted by Crippen LogP contribution is -2.41. The molecule has 0 spiro atoms. The van der Waals surface area contributed by atoms with E-state index in [0.29, 0.717) is 136 Å². The zero-order valence-corrected chi connectivity index (χ0v) is 59.3. The maximum atomic E-state index is 13.1. The number of anilines is 3. The predicted molar refractivity (Wildman–Crippen MR) is 408 cm³/mol. The molecule has 2 aliphatic carbocycles. The normalized spacial score (nSPS) is 17.3. The van der Waals surface area contributed by atoms with Gasteiger partial charge in [-0.2, -0.15) is 35.9 Å². The molecule has 29 nitrogen and oxygen atoms in total. The first-order chi connectivity index (χ1) is 52.4. The number of nitrogens with two attached hydrogens (primary N) is 3. The third-order valence-corrected chi connectivity index (χ3v) is 21.3. The summed E-state index contributed by atoms with van der Waals surface area (Å²) in [6.07, 6.45) is 12.0. The summed E-state index contributed by atoms with van der Waals surface area (Å²) in [5, 5.41) is 45.0. The van der Waals surface area contributed by atoms with Crippen molar-refractivity contribution >= 4 is 71.8 Å². The Bertz CT molecular complexity index is 5740. The van der Waals surface area contributed by atoms with Crippen LogP contribution in [0.4, 0.5) is 17.5 Å². The van der Waals surface area contributed by atoms with E-state index in [1.807, 2.05) is 146 Å². The van der Waals surface area contributed by atoms with Gasteiger partial charge in [0.2, 0.25) is 11.8 Å². The minimum atomic E-state index is -3.42. The molecule has 30 heteroatoms. The number of carbonyl (C=O) groups is 2. The molecule has 5 aromatic carbocycles. The summed E-state index contributed by atoms with van der Waals surface area (Å²) in [7, 11) is -3.42. The third kappa shape index (κ3) is 15.3. The number of sulfone groups is 1. The third-order valence-electron chi connectivity index (χ3n) is 19.4. The van der Waals surface area contributed by atoms with Crippen LogP contribution in [0, 0.1) is 17.2 Å². The number of benzene rings is 5. The first kappa shape index (κ1) is 71.7. The number of piperidine rings is 2. The number of likely N-dealkylation sites (tertiary alicyclic amines) is 2. The number of nitrogen functional groups attached to an aromatic ring is 3. The lowest BCUT2D eigenvalue weighted by molar-refractivity contribution is -0.128. The van der Waals surface area contributed by atoms with Crippen LogP contribution in [0.15, 0.2) is 209 Å². The van der Waals surface area contributed by atoms with Crippen LogP contribution in [0.2, 0.25) is 0 Å². The quantitative estimate of drug-likeness (QED) is 0.0364. The number of rotatable bonds is 17. The van der Waals surface area contributed by atoms with Crippen LogP contribution in [0.5, 0.6) is 34.6 Å². The van der Waals surface area contributed by atoms with E-state index >= 15 is 0 Å². The lowest BCUT2D eigenvalue weighted by Gasteiger charge is -2.33. The Morgan fingerprint density at radius 1 is 0.519 bits per heavy atom. The van der Waals surface area contributed by atoms with Gasteiger partial charge in [-0.25, -0.2) is 28.7 Å². The number of pyridine rings is 1. The van der Waals surface area contributed by atoms with Crippen LogP contribution in [-0.2, 0) is 19.4 Å². The molecule has 9 heterocycles. The summed E-state index contributed by atoms with van der Waals surface area (Å²) in [5.41, 5.74) is 22.2. The number of ether oxygens (including phenoxy) is 3. The largest absolute Gasteiger partial charge is 0.457 e. The zero-order valence-electron chi connectivity index (χ0n) is 58.5. The zero-order chi connectivity index (χ0) is 75.2. The van der Waals surface area contributed by atoms with Crippen molar-refractivity contribution in [2.75, 3.05) is 43.4 Å². The molecule has 12 aromatic rings. The number of nitriles is 1. The lowest BCUT2D eigenvalue weighted by atomic mass is 9.95. The van der Waals surface area contributed by atoms with Crippen molar-refractivity contribution < 1.29 is 32.2 Å². The summed E-state index contributed by atoms with van der Waals surface area (Å²) in [6, 6.07) is 47.9. The van der Waals surface area contributed by atoms with Gasteiger partial charge in [-0.05, 0) is 161 Å². The molecule has 9 N–H and O–H groups in total. The van der Waals surface area contributed by atoms with Crippen molar-refractivity contribution in [3.05, 3.63) is 225 Å². The molecule has 108 heavy (non-hydrogen) atoms. The van der Waals surface area contributed by atoms with Crippen LogP contribution in [0.3, 0.4) is 0 Å². The van der Waals surface area contributed by atoms with Crippen LogP contribution in [0.1, 0.15) is 82.3 Å². The fourth-order valence-corrected chi connectivity index (χ4v) is 15.2. The number of nitrogens with one attached hydrogen (secondary N) is 3. The molecule has 7 aromatic heterocycles. The second-order valence-electron chi connectivity index (χ2n) is 26.6. The Morgan fingerprint density at radius 3 is 1.37 bits per heavy atom. The molecule has 4 fully saturated rings. The Hall–Kier alpha value is -13.3. The number of nitrogens with zero attached hydrogens (tertiary/aromatic N) is 13. The van der Waals surface area contributed by atoms with E-state index in [-0.39, 0.29) is 53.0 Å². The van der Waals surface area contributed by atoms with Crippen molar-refractivity contribution in [2.45, 2.75) is 87.6 Å². The molecule has 548 valence electrons. The highest BCUT2D eigenvalue weighted by Gasteiger charge is 2.36. The van der Waals surface area contributed by atoms with Gasteiger partial charge in [0.15, 0.2) is 27.3 Å². The van der Waals surface area contributed by atoms with Crippen molar-refractivity contribution in [3.8, 4) is 74.5 Å². The molecule has 4 unspecified atom stereocenters. The maximum Gasteiger partial charge on any atom is 0.290 e. The number of H-pyrrole nitrogens is 3. The van der Waals surface area contributed by atoms with Crippen LogP contribution in [0.25, 0.3) is 66.5 Å². The second kappa shape index (κ2) is 31.2. The molecule has 2 aliphatic heterocycles.